The molecule has 0 radical (unpaired) electrons. The Bertz CT molecular complexity index is 795. The topological polar surface area (TPSA) is 92.5 Å². The van der Waals surface area contributed by atoms with Crippen molar-refractivity contribution in [2.45, 2.75) is 71.2 Å². The lowest BCUT2D eigenvalue weighted by Gasteiger charge is -2.35. The third-order valence-electron chi connectivity index (χ3n) is 6.05. The lowest BCUT2D eigenvalue weighted by Crippen LogP contribution is -2.48. The number of benzene rings is 1. The van der Waals surface area contributed by atoms with E-state index in [9.17, 15) is 13.2 Å². The van der Waals surface area contributed by atoms with Gasteiger partial charge in [-0.2, -0.15) is 0 Å². The van der Waals surface area contributed by atoms with Gasteiger partial charge in [0.2, 0.25) is 15.9 Å². The Kier molecular flexibility index (Phi) is 8.93. The summed E-state index contributed by atoms with van der Waals surface area (Å²) in [6, 6.07) is 0.0785. The molecule has 0 aromatic heterocycles. The monoisotopic (exact) mass is 431 g/mol. The fourth-order valence-corrected chi connectivity index (χ4v) is 5.58. The van der Waals surface area contributed by atoms with E-state index in [1.165, 1.54) is 0 Å². The number of halogens is 1. The first-order valence-electron chi connectivity index (χ1n) is 9.68. The smallest absolute Gasteiger partial charge is 0.241 e. The van der Waals surface area contributed by atoms with Crippen LogP contribution in [0.15, 0.2) is 4.90 Å². The number of carbonyl (C=O) groups is 1. The van der Waals surface area contributed by atoms with E-state index < -0.39 is 10.0 Å². The second-order valence-corrected chi connectivity index (χ2v) is 9.28. The number of nitrogens with zero attached hydrogens (tertiary/aromatic N) is 1. The standard InChI is InChI=1S/C20H33N3O3S.ClH/c1-13-14(2)16(4)20(17(5)15(13)3)27(25,26)22-10-9-19(24)23-11-7-6-8-18(23)12-21;/h18,22H,6-12,21H2,1-5H3;1H. The Hall–Kier alpha value is -1.15. The SMILES string of the molecule is Cc1c(C)c(C)c(S(=O)(=O)NCCC(=O)N2CCCCC2CN)c(C)c1C.Cl. The second kappa shape index (κ2) is 10.1. The molecule has 1 fully saturated rings. The molecular weight excluding hydrogens is 398 g/mol. The van der Waals surface area contributed by atoms with Crippen molar-refractivity contribution in [3.05, 3.63) is 27.8 Å². The highest BCUT2D eigenvalue weighted by molar-refractivity contribution is 7.89. The van der Waals surface area contributed by atoms with Crippen molar-refractivity contribution < 1.29 is 13.2 Å². The van der Waals surface area contributed by atoms with E-state index in [1.807, 2.05) is 39.5 Å². The maximum atomic E-state index is 12.9. The number of piperidine rings is 1. The number of nitrogens with one attached hydrogen (secondary N) is 1. The predicted molar refractivity (Wildman–Crippen MR) is 116 cm³/mol. The quantitative estimate of drug-likeness (QED) is 0.724. The number of hydrogen-bond donors (Lipinski definition) is 2. The van der Waals surface area contributed by atoms with Crippen molar-refractivity contribution in [1.82, 2.24) is 9.62 Å². The van der Waals surface area contributed by atoms with E-state index >= 15 is 0 Å². The van der Waals surface area contributed by atoms with E-state index in [4.69, 9.17) is 5.73 Å². The fourth-order valence-electron chi connectivity index (χ4n) is 3.95. The molecule has 1 heterocycles. The van der Waals surface area contributed by atoms with Gasteiger partial charge in [0.1, 0.15) is 0 Å². The van der Waals surface area contributed by atoms with Crippen molar-refractivity contribution in [1.29, 1.82) is 0 Å². The molecule has 1 aliphatic heterocycles. The molecule has 1 amide bonds. The van der Waals surface area contributed by atoms with E-state index in [-0.39, 0.29) is 37.3 Å². The van der Waals surface area contributed by atoms with Gasteiger partial charge < -0.3 is 10.6 Å². The van der Waals surface area contributed by atoms with Crippen LogP contribution in [0.25, 0.3) is 0 Å². The number of amides is 1. The van der Waals surface area contributed by atoms with Crippen LogP contribution in [0.5, 0.6) is 0 Å². The third-order valence-corrected chi connectivity index (χ3v) is 7.78. The van der Waals surface area contributed by atoms with Gasteiger partial charge in [-0.15, -0.1) is 12.4 Å². The number of likely N-dealkylation sites (tertiary alicyclic amines) is 1. The Morgan fingerprint density at radius 1 is 1.04 bits per heavy atom. The molecule has 3 N–H and O–H groups in total. The lowest BCUT2D eigenvalue weighted by atomic mass is 9.95. The van der Waals surface area contributed by atoms with Crippen LogP contribution >= 0.6 is 12.4 Å². The highest BCUT2D eigenvalue weighted by Crippen LogP contribution is 2.29. The van der Waals surface area contributed by atoms with Crippen LogP contribution in [0.2, 0.25) is 0 Å². The first-order chi connectivity index (χ1) is 12.6. The lowest BCUT2D eigenvalue weighted by molar-refractivity contribution is -0.134. The van der Waals surface area contributed by atoms with Gasteiger partial charge >= 0.3 is 0 Å². The summed E-state index contributed by atoms with van der Waals surface area (Å²) in [6.45, 7) is 10.9. The Morgan fingerprint density at radius 2 is 1.57 bits per heavy atom. The predicted octanol–water partition coefficient (Wildman–Crippen LogP) is 2.66. The Labute approximate surface area is 175 Å². The van der Waals surface area contributed by atoms with Crippen molar-refractivity contribution in [3.8, 4) is 0 Å². The van der Waals surface area contributed by atoms with E-state index in [1.54, 1.807) is 0 Å². The Morgan fingerprint density at radius 3 is 2.11 bits per heavy atom. The van der Waals surface area contributed by atoms with Gasteiger partial charge in [0, 0.05) is 32.1 Å². The zero-order valence-electron chi connectivity index (χ0n) is 17.6. The summed E-state index contributed by atoms with van der Waals surface area (Å²) in [5.74, 6) is -0.0300. The van der Waals surface area contributed by atoms with Gasteiger partial charge in [-0.3, -0.25) is 4.79 Å². The van der Waals surface area contributed by atoms with E-state index in [0.717, 1.165) is 47.1 Å². The van der Waals surface area contributed by atoms with E-state index in [0.29, 0.717) is 18.0 Å². The van der Waals surface area contributed by atoms with Crippen molar-refractivity contribution in [3.63, 3.8) is 0 Å². The molecule has 1 aromatic carbocycles. The van der Waals surface area contributed by atoms with Gasteiger partial charge in [0.05, 0.1) is 4.90 Å². The minimum Gasteiger partial charge on any atom is -0.338 e. The number of hydrogen-bond acceptors (Lipinski definition) is 4. The maximum absolute atomic E-state index is 12.9. The number of sulfonamides is 1. The highest BCUT2D eigenvalue weighted by Gasteiger charge is 2.27. The summed E-state index contributed by atoms with van der Waals surface area (Å²) >= 11 is 0. The molecule has 0 aliphatic carbocycles. The minimum absolute atomic E-state index is 0. The summed E-state index contributed by atoms with van der Waals surface area (Å²) < 4.78 is 28.5. The zero-order chi connectivity index (χ0) is 20.4. The number of nitrogens with two attached hydrogens (primary N) is 1. The summed E-state index contributed by atoms with van der Waals surface area (Å²) in [7, 11) is -3.67. The van der Waals surface area contributed by atoms with Crippen LogP contribution in [0.3, 0.4) is 0 Å². The molecule has 1 atom stereocenters. The van der Waals surface area contributed by atoms with E-state index in [2.05, 4.69) is 4.72 Å². The largest absolute Gasteiger partial charge is 0.338 e. The molecule has 1 unspecified atom stereocenters. The van der Waals surface area contributed by atoms with Crippen LogP contribution in [0.4, 0.5) is 0 Å². The molecular formula is C20H34ClN3O3S. The molecule has 0 spiro atoms. The van der Waals surface area contributed by atoms with Gasteiger partial charge in [0.25, 0.3) is 0 Å². The minimum atomic E-state index is -3.67. The van der Waals surface area contributed by atoms with Crippen LogP contribution in [0.1, 0.15) is 53.5 Å². The number of carbonyl (C=O) groups excluding carboxylic acids is 1. The Balaban J connectivity index is 0.00000392. The van der Waals surface area contributed by atoms with Crippen molar-refractivity contribution in [2.75, 3.05) is 19.6 Å². The normalized spacial score (nSPS) is 17.4. The van der Waals surface area contributed by atoms with Crippen LogP contribution in [-0.2, 0) is 14.8 Å². The zero-order valence-corrected chi connectivity index (χ0v) is 19.2. The van der Waals surface area contributed by atoms with Crippen LogP contribution in [-0.4, -0.2) is 44.9 Å². The van der Waals surface area contributed by atoms with Gasteiger partial charge in [-0.1, -0.05) is 0 Å². The van der Waals surface area contributed by atoms with Crippen molar-refractivity contribution >= 4 is 28.3 Å². The second-order valence-electron chi connectivity index (χ2n) is 7.57. The molecule has 8 heteroatoms. The summed E-state index contributed by atoms with van der Waals surface area (Å²) in [5.41, 5.74) is 10.4. The maximum Gasteiger partial charge on any atom is 0.241 e. The first kappa shape index (κ1) is 24.9. The fraction of sp³-hybridized carbons (Fsp3) is 0.650. The van der Waals surface area contributed by atoms with Crippen LogP contribution in [0, 0.1) is 34.6 Å². The van der Waals surface area contributed by atoms with Gasteiger partial charge in [-0.25, -0.2) is 13.1 Å². The highest BCUT2D eigenvalue weighted by atomic mass is 35.5. The van der Waals surface area contributed by atoms with Gasteiger partial charge in [0.15, 0.2) is 0 Å². The molecule has 0 saturated carbocycles. The number of rotatable bonds is 6. The molecule has 1 aliphatic rings. The average molecular weight is 432 g/mol. The average Bonchev–Trinajstić information content (AvgIpc) is 2.64. The summed E-state index contributed by atoms with van der Waals surface area (Å²) in [6.07, 6.45) is 3.14. The van der Waals surface area contributed by atoms with Gasteiger partial charge in [-0.05, 0) is 81.7 Å². The van der Waals surface area contributed by atoms with Crippen molar-refractivity contribution in [2.24, 2.45) is 5.73 Å². The summed E-state index contributed by atoms with van der Waals surface area (Å²) in [5, 5.41) is 0. The molecule has 28 heavy (non-hydrogen) atoms. The molecule has 1 saturated heterocycles. The summed E-state index contributed by atoms with van der Waals surface area (Å²) in [4.78, 5) is 14.7. The molecule has 0 bridgehead atoms. The molecule has 1 aromatic rings. The van der Waals surface area contributed by atoms with Crippen LogP contribution < -0.4 is 10.5 Å². The molecule has 6 nitrogen and oxygen atoms in total. The molecule has 2 rings (SSSR count). The first-order valence-corrected chi connectivity index (χ1v) is 11.2. The third kappa shape index (κ3) is 5.06. The molecule has 160 valence electrons.